The Bertz CT molecular complexity index is 6380. The Hall–Kier alpha value is -13.8. The van der Waals surface area contributed by atoms with Gasteiger partial charge in [0.05, 0.1) is 54.7 Å². The Morgan fingerprint density at radius 1 is 0.370 bits per heavy atom. The lowest BCUT2D eigenvalue weighted by molar-refractivity contribution is 0.0560. The number of carbonyl (C=O) groups is 3. The first-order chi connectivity index (χ1) is 71.3. The smallest absolute Gasteiger partial charge is 0.414 e. The van der Waals surface area contributed by atoms with E-state index in [-0.39, 0.29) is 30.3 Å². The summed E-state index contributed by atoms with van der Waals surface area (Å²) in [6.07, 6.45) is 42.2. The lowest BCUT2D eigenvalue weighted by Gasteiger charge is -2.22. The fourth-order valence-corrected chi connectivity index (χ4v) is 19.6. The molecule has 34 heteroatoms. The predicted molar refractivity (Wildman–Crippen MR) is 579 cm³/mol. The third-order valence-corrected chi connectivity index (χ3v) is 26.7. The van der Waals surface area contributed by atoms with Crippen molar-refractivity contribution in [1.29, 1.82) is 0 Å². The van der Waals surface area contributed by atoms with Crippen LogP contribution in [0.3, 0.4) is 0 Å². The van der Waals surface area contributed by atoms with Crippen LogP contribution >= 0.6 is 46.4 Å². The SMILES string of the molecule is CC(C)(C)OC(=O)NC(=NCCCCc1cnc[nH]1)NCCC1c2ccc(Cl)cc2CCc2cccnc21.CCOC(=O)NC(=NCCCCc1cnc[nH]1)NCCC1c2ccc(Cl)cc2CCc2cccnc21.NC(=NCCCCc1cnc[nH]1)NCCC1c2ccc(Cl)cc2CCc2cccnc21.O=C(NC(=NCCCCc1cnc[nH]1)NCCC1c2ccc(Cl)cc2CCc2cccnc21)OCc1ccccc1. The second-order valence-electron chi connectivity index (χ2n) is 37.4. The normalized spacial score (nSPS) is 15.1. The molecule has 0 aliphatic heterocycles. The van der Waals surface area contributed by atoms with Crippen LogP contribution in [0.5, 0.6) is 0 Å². The number of nitrogens with zero attached hydrogens (tertiary/aromatic N) is 12. The summed E-state index contributed by atoms with van der Waals surface area (Å²) in [5.74, 6) is 2.35. The number of pyridine rings is 4. The van der Waals surface area contributed by atoms with Crippen molar-refractivity contribution < 1.29 is 28.6 Å². The number of fused-ring (bicyclic) bond motifs is 8. The number of guanidine groups is 4. The van der Waals surface area contributed by atoms with Gasteiger partial charge < -0.3 is 61.1 Å². The predicted octanol–water partition coefficient (Wildman–Crippen LogP) is 20.3. The summed E-state index contributed by atoms with van der Waals surface area (Å²) in [6.45, 7) is 12.8. The zero-order valence-corrected chi connectivity index (χ0v) is 86.6. The van der Waals surface area contributed by atoms with Gasteiger partial charge in [-0.1, -0.05) is 125 Å². The van der Waals surface area contributed by atoms with Crippen LogP contribution in [-0.2, 0) is 97.9 Å². The third-order valence-electron chi connectivity index (χ3n) is 25.8. The van der Waals surface area contributed by atoms with Crippen molar-refractivity contribution in [2.45, 2.75) is 218 Å². The van der Waals surface area contributed by atoms with E-state index in [1.807, 2.05) is 149 Å². The highest BCUT2D eigenvalue weighted by molar-refractivity contribution is 6.31. The number of aliphatic imine (C=N–C) groups is 4. The molecule has 0 spiro atoms. The van der Waals surface area contributed by atoms with E-state index in [9.17, 15) is 14.4 Å². The highest BCUT2D eigenvalue weighted by atomic mass is 35.5. The fourth-order valence-electron chi connectivity index (χ4n) is 18.8. The zero-order chi connectivity index (χ0) is 102. The van der Waals surface area contributed by atoms with Crippen molar-refractivity contribution in [3.63, 3.8) is 0 Å². The van der Waals surface area contributed by atoms with E-state index in [2.05, 4.69) is 170 Å². The number of benzene rings is 5. The maximum absolute atomic E-state index is 12.7. The van der Waals surface area contributed by atoms with E-state index in [1.165, 1.54) is 72.5 Å². The topological polar surface area (TPSA) is 405 Å². The number of ether oxygens (including phenoxy) is 3. The monoisotopic (exact) mass is 2050 g/mol. The van der Waals surface area contributed by atoms with Gasteiger partial charge in [-0.25, -0.2) is 34.3 Å². The van der Waals surface area contributed by atoms with Crippen LogP contribution in [-0.4, -0.2) is 166 Å². The molecule has 13 N–H and O–H groups in total. The van der Waals surface area contributed by atoms with Gasteiger partial charge in [-0.2, -0.15) is 0 Å². The van der Waals surface area contributed by atoms with Crippen molar-refractivity contribution in [2.24, 2.45) is 25.7 Å². The summed E-state index contributed by atoms with van der Waals surface area (Å²) in [5, 5.41) is 24.7. The minimum atomic E-state index is -0.597. The molecule has 17 rings (SSSR count). The highest BCUT2D eigenvalue weighted by Crippen LogP contribution is 2.41. The molecule has 3 amide bonds. The minimum absolute atomic E-state index is 0.106. The quantitative estimate of drug-likeness (QED) is 0.00759. The molecule has 0 fully saturated rings. The van der Waals surface area contributed by atoms with Crippen LogP contribution < -0.4 is 43.0 Å². The van der Waals surface area contributed by atoms with Gasteiger partial charge in [0.25, 0.3) is 0 Å². The molecule has 8 aromatic heterocycles. The molecule has 0 saturated carbocycles. The lowest BCUT2D eigenvalue weighted by Crippen LogP contribution is -2.44. The van der Waals surface area contributed by atoms with Crippen molar-refractivity contribution in [2.75, 3.05) is 59.0 Å². The number of nitrogens with two attached hydrogens (primary N) is 1. The Morgan fingerprint density at radius 3 is 0.979 bits per heavy atom. The number of amides is 3. The second kappa shape index (κ2) is 57.2. The average Bonchev–Trinajstić information content (AvgIpc) is 1.75. The zero-order valence-electron chi connectivity index (χ0n) is 83.6. The van der Waals surface area contributed by atoms with E-state index in [4.69, 9.17) is 86.3 Å². The van der Waals surface area contributed by atoms with Crippen LogP contribution in [0.2, 0.25) is 20.1 Å². The van der Waals surface area contributed by atoms with Gasteiger partial charge in [-0.3, -0.25) is 55.9 Å². The molecule has 4 aliphatic carbocycles. The summed E-state index contributed by atoms with van der Waals surface area (Å²) >= 11 is 25.3. The molecule has 13 aromatic rings. The Balaban J connectivity index is 0.000000155. The number of rotatable bonds is 35. The summed E-state index contributed by atoms with van der Waals surface area (Å²) in [4.78, 5) is 103. The van der Waals surface area contributed by atoms with Crippen molar-refractivity contribution in [1.82, 2.24) is 97.0 Å². The van der Waals surface area contributed by atoms with Crippen molar-refractivity contribution in [3.8, 4) is 0 Å². The number of imidazole rings is 4. The molecule has 4 unspecified atom stereocenters. The minimum Gasteiger partial charge on any atom is -0.450 e. The van der Waals surface area contributed by atoms with Crippen molar-refractivity contribution in [3.05, 3.63) is 365 Å². The standard InChI is InChI=1S/C32H35ClN6O2.C29H37ClN6O2.C27H33ClN6O2.C24H29ClN6/c33-26-13-14-28-25(19-26)12-11-24-9-6-17-35-30(24)29(28)15-18-37-31(36-16-5-4-10-27-20-34-22-38-27)39-32(40)41-21-23-7-2-1-3-8-23;1-29(2,3)38-28(37)36-27(33-14-5-4-8-23-18-31-19-35-23)34-16-13-25-24-12-11-22(30)17-21(24)10-9-20-7-6-15-32-26(20)25;1-2-36-27(35)34-26(31-13-4-3-7-22-17-29-18-33-22)32-15-12-24-23-11-10-21(28)16-20(23)9-8-19-6-5-14-30-25(19)24;25-19-8-9-21-18(14-19)7-6-17-4-3-12-28-23(17)22(21)10-13-30-24(26)29-11-2-1-5-20-15-27-16-31-20/h1-3,6-9,13-14,17,19-20,22,29H,4-5,10-12,15-16,18,21H2,(H,34,38)(H2,36,37,39,40);6-7,11-12,15,17-19,25H,4-5,8-10,13-14,16H2,1-3H3,(H,31,35)(H2,33,34,36,37);5-6,10-11,14,16-18,24H,2-4,7-9,12-13,15H2,1H3,(H,29,33)(H2,31,32,34,35);3-4,8-9,12,14-16,22H,1-2,5-7,10-11,13H2,(H,27,31)(H3,26,29,30). The Kier molecular flexibility index (Phi) is 42.3. The van der Waals surface area contributed by atoms with Crippen LogP contribution in [0, 0.1) is 0 Å². The number of H-pyrrole nitrogens is 4. The molecule has 0 saturated heterocycles. The van der Waals surface area contributed by atoms with Crippen LogP contribution in [0.15, 0.2) is 247 Å². The lowest BCUT2D eigenvalue weighted by atomic mass is 9.89. The Labute approximate surface area is 875 Å². The van der Waals surface area contributed by atoms with Gasteiger partial charge in [0.2, 0.25) is 17.9 Å². The maximum atomic E-state index is 12.7. The average molecular weight is 2050 g/mol. The summed E-state index contributed by atoms with van der Waals surface area (Å²) < 4.78 is 16.0. The number of aryl methyl sites for hydroxylation is 12. The first-order valence-corrected chi connectivity index (χ1v) is 52.4. The van der Waals surface area contributed by atoms with Crippen LogP contribution in [0.4, 0.5) is 14.4 Å². The van der Waals surface area contributed by atoms with Crippen LogP contribution in [0.25, 0.3) is 0 Å². The number of aromatic amines is 4. The summed E-state index contributed by atoms with van der Waals surface area (Å²) in [5.41, 5.74) is 30.7. The van der Waals surface area contributed by atoms with E-state index in [1.54, 1.807) is 32.2 Å². The van der Waals surface area contributed by atoms with E-state index < -0.39 is 23.9 Å². The molecule has 4 atom stereocenters. The molecule has 8 heterocycles. The largest absolute Gasteiger partial charge is 0.450 e. The number of aromatic nitrogens is 12. The van der Waals surface area contributed by atoms with Gasteiger partial charge in [0.15, 0.2) is 5.96 Å². The first-order valence-electron chi connectivity index (χ1n) is 50.9. The van der Waals surface area contributed by atoms with Gasteiger partial charge >= 0.3 is 18.3 Å². The van der Waals surface area contributed by atoms with E-state index in [0.29, 0.717) is 69.7 Å². The Morgan fingerprint density at radius 2 is 0.671 bits per heavy atom. The molecule has 30 nitrogen and oxygen atoms in total. The number of carbonyl (C=O) groups excluding carboxylic acids is 3. The van der Waals surface area contributed by atoms with E-state index >= 15 is 0 Å². The molecule has 5 aromatic carbocycles. The van der Waals surface area contributed by atoms with Gasteiger partial charge in [0.1, 0.15) is 12.2 Å². The van der Waals surface area contributed by atoms with Gasteiger partial charge in [0, 0.05) is 168 Å². The van der Waals surface area contributed by atoms with Crippen molar-refractivity contribution >= 4 is 88.5 Å². The molecular weight excluding hydrogens is 1920 g/mol. The molecule has 0 radical (unpaired) electrons. The van der Waals surface area contributed by atoms with E-state index in [0.717, 1.165) is 233 Å². The molecule has 146 heavy (non-hydrogen) atoms. The number of nitrogens with one attached hydrogen (secondary N) is 11. The first kappa shape index (κ1) is 108. The number of halogens is 4. The molecule has 0 bridgehead atoms. The van der Waals surface area contributed by atoms with Crippen LogP contribution in [0.1, 0.15) is 246 Å². The van der Waals surface area contributed by atoms with Gasteiger partial charge in [-0.05, 0) is 327 Å². The summed E-state index contributed by atoms with van der Waals surface area (Å²) in [6, 6.07) is 51.0. The molecular formula is C112H134Cl4N24O6. The molecule has 766 valence electrons. The maximum Gasteiger partial charge on any atom is 0.414 e. The second-order valence-corrected chi connectivity index (χ2v) is 39.1. The third kappa shape index (κ3) is 34.4. The summed E-state index contributed by atoms with van der Waals surface area (Å²) in [7, 11) is 0. The number of alkyl carbamates (subject to hydrolysis) is 3. The molecule has 4 aliphatic rings. The van der Waals surface area contributed by atoms with Gasteiger partial charge in [-0.15, -0.1) is 0 Å². The number of unbranched alkanes of at least 4 members (excludes halogenated alkanes) is 4. The fraction of sp³-hybridized carbons (Fsp3) is 0.384. The highest BCUT2D eigenvalue weighted by Gasteiger charge is 2.31. The number of hydrogen-bond acceptors (Lipinski definition) is 18. The number of hydrogen-bond donors (Lipinski definition) is 12.